The van der Waals surface area contributed by atoms with Gasteiger partial charge >= 0.3 is 5.97 Å². The van der Waals surface area contributed by atoms with Crippen LogP contribution in [0.25, 0.3) is 11.3 Å². The second-order valence-electron chi connectivity index (χ2n) is 8.86. The van der Waals surface area contributed by atoms with Gasteiger partial charge in [-0.05, 0) is 68.2 Å². The highest BCUT2D eigenvalue weighted by molar-refractivity contribution is 6.37. The van der Waals surface area contributed by atoms with Crippen LogP contribution in [-0.4, -0.2) is 36.5 Å². The van der Waals surface area contributed by atoms with Crippen molar-refractivity contribution in [3.8, 4) is 0 Å². The van der Waals surface area contributed by atoms with E-state index in [1.165, 1.54) is 18.4 Å². The number of rotatable bonds is 7. The Kier molecular flexibility index (Phi) is 6.64. The molecule has 1 saturated heterocycles. The number of hydrogen-bond donors (Lipinski definition) is 2. The van der Waals surface area contributed by atoms with Crippen molar-refractivity contribution >= 4 is 34.5 Å². The van der Waals surface area contributed by atoms with Gasteiger partial charge < -0.3 is 15.4 Å². The van der Waals surface area contributed by atoms with Crippen LogP contribution in [0.4, 0.5) is 11.4 Å². The van der Waals surface area contributed by atoms with E-state index >= 15 is 0 Å². The smallest absolute Gasteiger partial charge is 0.338 e. The van der Waals surface area contributed by atoms with Crippen molar-refractivity contribution in [2.24, 2.45) is 0 Å². The molecule has 2 aliphatic rings. The van der Waals surface area contributed by atoms with E-state index in [9.17, 15) is 9.59 Å². The van der Waals surface area contributed by atoms with E-state index in [2.05, 4.69) is 39.8 Å². The number of carbonyl (C=O) groups is 2. The number of nitrogens with zero attached hydrogens (tertiary/aromatic N) is 1. The van der Waals surface area contributed by atoms with Gasteiger partial charge in [0.1, 0.15) is 0 Å². The highest BCUT2D eigenvalue weighted by Gasteiger charge is 2.29. The average Bonchev–Trinajstić information content (AvgIpc) is 3.50. The molecule has 0 radical (unpaired) electrons. The summed E-state index contributed by atoms with van der Waals surface area (Å²) in [7, 11) is 0. The fourth-order valence-corrected chi connectivity index (χ4v) is 4.68. The molecule has 0 bridgehead atoms. The van der Waals surface area contributed by atoms with Gasteiger partial charge in [-0.3, -0.25) is 9.69 Å². The zero-order chi connectivity index (χ0) is 24.2. The van der Waals surface area contributed by atoms with E-state index in [4.69, 9.17) is 4.74 Å². The topological polar surface area (TPSA) is 70.7 Å². The molecule has 35 heavy (non-hydrogen) atoms. The number of likely N-dealkylation sites (tertiary alicyclic amines) is 1. The zero-order valence-corrected chi connectivity index (χ0v) is 19.8. The molecule has 2 aliphatic heterocycles. The third-order valence-corrected chi connectivity index (χ3v) is 6.42. The molecular weight excluding hydrogens is 438 g/mol. The molecule has 0 aliphatic carbocycles. The Morgan fingerprint density at radius 3 is 2.43 bits per heavy atom. The number of anilines is 2. The van der Waals surface area contributed by atoms with Gasteiger partial charge in [0.2, 0.25) is 0 Å². The minimum Gasteiger partial charge on any atom is -0.462 e. The van der Waals surface area contributed by atoms with Gasteiger partial charge in [0.05, 0.1) is 29.1 Å². The van der Waals surface area contributed by atoms with Crippen molar-refractivity contribution in [3.05, 3.63) is 95.1 Å². The number of benzene rings is 3. The second-order valence-corrected chi connectivity index (χ2v) is 8.86. The second kappa shape index (κ2) is 10.2. The fourth-order valence-electron chi connectivity index (χ4n) is 4.68. The van der Waals surface area contributed by atoms with Crippen molar-refractivity contribution < 1.29 is 14.3 Å². The van der Waals surface area contributed by atoms with Crippen LogP contribution in [0.2, 0.25) is 0 Å². The summed E-state index contributed by atoms with van der Waals surface area (Å²) in [5.74, 6) is -0.615. The zero-order valence-electron chi connectivity index (χ0n) is 19.8. The molecule has 6 heteroatoms. The minimum absolute atomic E-state index is 0.210. The molecule has 2 heterocycles. The van der Waals surface area contributed by atoms with Crippen LogP contribution in [0.3, 0.4) is 0 Å². The number of ether oxygens (including phenoxy) is 1. The van der Waals surface area contributed by atoms with Crippen LogP contribution < -0.4 is 10.6 Å². The molecule has 0 aromatic heterocycles. The highest BCUT2D eigenvalue weighted by Crippen LogP contribution is 2.38. The first-order valence-electron chi connectivity index (χ1n) is 12.1. The SMILES string of the molecule is CCOC(=O)c1ccc2c(c1)NC(=O)C2=C(Nc1ccc(CN2CCCC2)cc1)c1ccccc1. The maximum absolute atomic E-state index is 13.2. The number of hydrogen-bond acceptors (Lipinski definition) is 5. The third kappa shape index (κ3) is 4.98. The van der Waals surface area contributed by atoms with E-state index < -0.39 is 5.97 Å². The number of amides is 1. The average molecular weight is 468 g/mol. The largest absolute Gasteiger partial charge is 0.462 e. The fraction of sp³-hybridized carbons (Fsp3) is 0.241. The Hall–Kier alpha value is -3.90. The molecule has 1 fully saturated rings. The standard InChI is InChI=1S/C29H29N3O3/c1-2-35-29(34)22-12-15-24-25(18-22)31-28(33)26(24)27(21-8-4-3-5-9-21)30-23-13-10-20(11-14-23)19-32-16-6-7-17-32/h3-5,8-15,18,30H,2,6-7,16-17,19H2,1H3,(H,31,33). The predicted molar refractivity (Wildman–Crippen MR) is 139 cm³/mol. The van der Waals surface area contributed by atoms with Crippen molar-refractivity contribution in [3.63, 3.8) is 0 Å². The van der Waals surface area contributed by atoms with Crippen molar-refractivity contribution in [1.29, 1.82) is 0 Å². The summed E-state index contributed by atoms with van der Waals surface area (Å²) in [5.41, 5.74) is 6.12. The quantitative estimate of drug-likeness (QED) is 0.360. The van der Waals surface area contributed by atoms with E-state index in [0.717, 1.165) is 42.1 Å². The maximum atomic E-state index is 13.2. The minimum atomic E-state index is -0.405. The number of esters is 1. The summed E-state index contributed by atoms with van der Waals surface area (Å²) in [4.78, 5) is 27.8. The normalized spacial score (nSPS) is 16.5. The molecule has 0 unspecified atom stereocenters. The van der Waals surface area contributed by atoms with Gasteiger partial charge in [0.15, 0.2) is 0 Å². The Bertz CT molecular complexity index is 1260. The summed E-state index contributed by atoms with van der Waals surface area (Å²) in [6, 6.07) is 23.4. The van der Waals surface area contributed by atoms with Crippen LogP contribution in [0, 0.1) is 0 Å². The maximum Gasteiger partial charge on any atom is 0.338 e. The lowest BCUT2D eigenvalue weighted by Crippen LogP contribution is -2.18. The van der Waals surface area contributed by atoms with Crippen LogP contribution >= 0.6 is 0 Å². The molecule has 2 N–H and O–H groups in total. The van der Waals surface area contributed by atoms with Crippen LogP contribution in [-0.2, 0) is 16.1 Å². The van der Waals surface area contributed by atoms with Crippen molar-refractivity contribution in [2.45, 2.75) is 26.3 Å². The van der Waals surface area contributed by atoms with Gasteiger partial charge in [0.25, 0.3) is 5.91 Å². The van der Waals surface area contributed by atoms with Gasteiger partial charge in [0, 0.05) is 17.8 Å². The Balaban J connectivity index is 1.49. The van der Waals surface area contributed by atoms with E-state index in [0.29, 0.717) is 23.4 Å². The summed E-state index contributed by atoms with van der Waals surface area (Å²) in [6.07, 6.45) is 2.55. The van der Waals surface area contributed by atoms with E-state index in [-0.39, 0.29) is 5.91 Å². The van der Waals surface area contributed by atoms with E-state index in [1.807, 2.05) is 30.3 Å². The molecular formula is C29H29N3O3. The molecule has 3 aromatic carbocycles. The molecule has 1 amide bonds. The lowest BCUT2D eigenvalue weighted by molar-refractivity contribution is -0.110. The monoisotopic (exact) mass is 467 g/mol. The lowest BCUT2D eigenvalue weighted by Gasteiger charge is -2.17. The highest BCUT2D eigenvalue weighted by atomic mass is 16.5. The van der Waals surface area contributed by atoms with Crippen molar-refractivity contribution in [2.75, 3.05) is 30.3 Å². The van der Waals surface area contributed by atoms with E-state index in [1.54, 1.807) is 25.1 Å². The number of fused-ring (bicyclic) bond motifs is 1. The Morgan fingerprint density at radius 1 is 0.971 bits per heavy atom. The molecule has 5 rings (SSSR count). The Morgan fingerprint density at radius 2 is 1.71 bits per heavy atom. The molecule has 6 nitrogen and oxygen atoms in total. The van der Waals surface area contributed by atoms with Gasteiger partial charge in [-0.15, -0.1) is 0 Å². The first-order valence-corrected chi connectivity index (χ1v) is 12.1. The summed E-state index contributed by atoms with van der Waals surface area (Å²) >= 11 is 0. The number of nitrogens with one attached hydrogen (secondary N) is 2. The van der Waals surface area contributed by atoms with Gasteiger partial charge in [-0.25, -0.2) is 4.79 Å². The molecule has 0 saturated carbocycles. The van der Waals surface area contributed by atoms with Gasteiger partial charge in [-0.2, -0.15) is 0 Å². The summed E-state index contributed by atoms with van der Waals surface area (Å²) in [6.45, 7) is 5.36. The molecule has 178 valence electrons. The van der Waals surface area contributed by atoms with Gasteiger partial charge in [-0.1, -0.05) is 48.5 Å². The predicted octanol–water partition coefficient (Wildman–Crippen LogP) is 5.39. The third-order valence-electron chi connectivity index (χ3n) is 6.42. The van der Waals surface area contributed by atoms with Crippen LogP contribution in [0.15, 0.2) is 72.8 Å². The first kappa shape index (κ1) is 22.9. The number of carbonyl (C=O) groups excluding carboxylic acids is 2. The van der Waals surface area contributed by atoms with Crippen molar-refractivity contribution in [1.82, 2.24) is 4.90 Å². The Labute approximate surface area is 205 Å². The molecule has 0 spiro atoms. The summed E-state index contributed by atoms with van der Waals surface area (Å²) in [5, 5.41) is 6.42. The summed E-state index contributed by atoms with van der Waals surface area (Å²) < 4.78 is 5.11. The molecule has 3 aromatic rings. The van der Waals surface area contributed by atoms with Crippen LogP contribution in [0.5, 0.6) is 0 Å². The van der Waals surface area contributed by atoms with Crippen LogP contribution in [0.1, 0.15) is 46.8 Å². The first-order chi connectivity index (χ1) is 17.1. The lowest BCUT2D eigenvalue weighted by atomic mass is 9.99. The molecule has 0 atom stereocenters.